The maximum absolute atomic E-state index is 5.85. The highest BCUT2D eigenvalue weighted by Crippen LogP contribution is 2.30. The van der Waals surface area contributed by atoms with Gasteiger partial charge in [-0.05, 0) is 59.5 Å². The zero-order valence-corrected chi connectivity index (χ0v) is 19.3. The number of ether oxygens (including phenoxy) is 1. The highest BCUT2D eigenvalue weighted by atomic mass is 16.5. The van der Waals surface area contributed by atoms with E-state index in [2.05, 4.69) is 76.1 Å². The molecule has 2 heterocycles. The number of hydrogen-bond acceptors (Lipinski definition) is 4. The van der Waals surface area contributed by atoms with Crippen molar-refractivity contribution in [2.75, 3.05) is 6.61 Å². The summed E-state index contributed by atoms with van der Waals surface area (Å²) in [6, 6.07) is 30.6. The highest BCUT2D eigenvalue weighted by Gasteiger charge is 2.17. The van der Waals surface area contributed by atoms with E-state index < -0.39 is 0 Å². The van der Waals surface area contributed by atoms with Crippen molar-refractivity contribution in [3.05, 3.63) is 103 Å². The SMILES string of the molecule is CC(C)COc1ccc(-c2nnc(-c3ccccc3)n2-c2ccc(-c3cccnc3)cc2)cc1. The van der Waals surface area contributed by atoms with Crippen LogP contribution >= 0.6 is 0 Å². The van der Waals surface area contributed by atoms with Gasteiger partial charge in [-0.15, -0.1) is 10.2 Å². The Labute approximate surface area is 199 Å². The number of pyridine rings is 1. The average Bonchev–Trinajstić information content (AvgIpc) is 3.34. The molecule has 3 aromatic carbocycles. The summed E-state index contributed by atoms with van der Waals surface area (Å²) in [6.07, 6.45) is 3.66. The van der Waals surface area contributed by atoms with Crippen LogP contribution < -0.4 is 4.74 Å². The second-order valence-corrected chi connectivity index (χ2v) is 8.57. The van der Waals surface area contributed by atoms with E-state index in [0.717, 1.165) is 45.3 Å². The molecule has 34 heavy (non-hydrogen) atoms. The highest BCUT2D eigenvalue weighted by molar-refractivity contribution is 5.69. The van der Waals surface area contributed by atoms with Crippen LogP contribution in [-0.2, 0) is 0 Å². The number of hydrogen-bond donors (Lipinski definition) is 0. The molecule has 5 heteroatoms. The van der Waals surface area contributed by atoms with Gasteiger partial charge in [-0.3, -0.25) is 9.55 Å². The van der Waals surface area contributed by atoms with Gasteiger partial charge in [0.15, 0.2) is 11.6 Å². The van der Waals surface area contributed by atoms with Crippen LogP contribution in [0, 0.1) is 5.92 Å². The molecule has 0 aliphatic rings. The average molecular weight is 447 g/mol. The van der Waals surface area contributed by atoms with Gasteiger partial charge >= 0.3 is 0 Å². The maximum atomic E-state index is 5.85. The molecule has 0 saturated heterocycles. The van der Waals surface area contributed by atoms with Gasteiger partial charge in [-0.25, -0.2) is 0 Å². The van der Waals surface area contributed by atoms with E-state index in [-0.39, 0.29) is 0 Å². The van der Waals surface area contributed by atoms with E-state index in [9.17, 15) is 0 Å². The Balaban J connectivity index is 1.56. The van der Waals surface area contributed by atoms with Crippen LogP contribution in [0.3, 0.4) is 0 Å². The lowest BCUT2D eigenvalue weighted by Gasteiger charge is -2.13. The van der Waals surface area contributed by atoms with Crippen LogP contribution in [0.4, 0.5) is 0 Å². The Hall–Kier alpha value is -4.25. The number of aromatic nitrogens is 4. The van der Waals surface area contributed by atoms with Crippen LogP contribution in [0.25, 0.3) is 39.6 Å². The Morgan fingerprint density at radius 1 is 0.676 bits per heavy atom. The normalized spacial score (nSPS) is 11.0. The minimum atomic E-state index is 0.478. The fraction of sp³-hybridized carbons (Fsp3) is 0.138. The minimum Gasteiger partial charge on any atom is -0.493 e. The van der Waals surface area contributed by atoms with E-state index in [0.29, 0.717) is 12.5 Å². The second-order valence-electron chi connectivity index (χ2n) is 8.57. The Kier molecular flexibility index (Phi) is 6.17. The van der Waals surface area contributed by atoms with Crippen molar-refractivity contribution in [1.82, 2.24) is 19.7 Å². The number of rotatable bonds is 7. The largest absolute Gasteiger partial charge is 0.493 e. The molecule has 0 spiro atoms. The first-order valence-electron chi connectivity index (χ1n) is 11.4. The smallest absolute Gasteiger partial charge is 0.168 e. The van der Waals surface area contributed by atoms with Crippen LogP contribution in [0.2, 0.25) is 0 Å². The molecular formula is C29H26N4O. The minimum absolute atomic E-state index is 0.478. The quantitative estimate of drug-likeness (QED) is 0.279. The third-order valence-electron chi connectivity index (χ3n) is 5.51. The summed E-state index contributed by atoms with van der Waals surface area (Å²) in [7, 11) is 0. The molecule has 0 atom stereocenters. The Morgan fingerprint density at radius 3 is 1.91 bits per heavy atom. The molecule has 0 amide bonds. The summed E-state index contributed by atoms with van der Waals surface area (Å²) in [4.78, 5) is 4.24. The van der Waals surface area contributed by atoms with E-state index in [1.807, 2.05) is 54.7 Å². The molecule has 5 aromatic rings. The first-order valence-corrected chi connectivity index (χ1v) is 11.4. The monoisotopic (exact) mass is 446 g/mol. The van der Waals surface area contributed by atoms with Crippen LogP contribution in [-0.4, -0.2) is 26.4 Å². The van der Waals surface area contributed by atoms with Crippen LogP contribution in [0.15, 0.2) is 103 Å². The predicted molar refractivity (Wildman–Crippen MR) is 136 cm³/mol. The molecule has 2 aromatic heterocycles. The molecule has 0 unspecified atom stereocenters. The summed E-state index contributed by atoms with van der Waals surface area (Å²) in [5.74, 6) is 2.91. The van der Waals surface area contributed by atoms with Gasteiger partial charge < -0.3 is 4.74 Å². The molecule has 0 fully saturated rings. The van der Waals surface area contributed by atoms with E-state index in [4.69, 9.17) is 4.74 Å². The molecule has 5 rings (SSSR count). The van der Waals surface area contributed by atoms with Crippen molar-refractivity contribution in [3.63, 3.8) is 0 Å². The zero-order valence-electron chi connectivity index (χ0n) is 19.3. The topological polar surface area (TPSA) is 52.8 Å². The molecule has 0 saturated carbocycles. The van der Waals surface area contributed by atoms with Gasteiger partial charge in [-0.1, -0.05) is 62.4 Å². The maximum Gasteiger partial charge on any atom is 0.168 e. The molecule has 5 nitrogen and oxygen atoms in total. The third-order valence-corrected chi connectivity index (χ3v) is 5.51. The summed E-state index contributed by atoms with van der Waals surface area (Å²) in [5, 5.41) is 9.16. The van der Waals surface area contributed by atoms with E-state index in [1.165, 1.54) is 0 Å². The molecule has 0 aliphatic carbocycles. The van der Waals surface area contributed by atoms with Crippen molar-refractivity contribution < 1.29 is 4.74 Å². The van der Waals surface area contributed by atoms with E-state index >= 15 is 0 Å². The number of benzene rings is 3. The first-order chi connectivity index (χ1) is 16.7. The van der Waals surface area contributed by atoms with Crippen LogP contribution in [0.1, 0.15) is 13.8 Å². The van der Waals surface area contributed by atoms with Gasteiger partial charge in [0.1, 0.15) is 5.75 Å². The lowest BCUT2D eigenvalue weighted by Crippen LogP contribution is -2.04. The fourth-order valence-corrected chi connectivity index (χ4v) is 3.79. The molecular weight excluding hydrogens is 420 g/mol. The molecule has 168 valence electrons. The third kappa shape index (κ3) is 4.59. The molecule has 0 N–H and O–H groups in total. The second kappa shape index (κ2) is 9.71. The van der Waals surface area contributed by atoms with Gasteiger partial charge in [-0.2, -0.15) is 0 Å². The van der Waals surface area contributed by atoms with Gasteiger partial charge in [0.2, 0.25) is 0 Å². The summed E-state index contributed by atoms with van der Waals surface area (Å²) in [5.41, 5.74) is 5.17. The first kappa shape index (κ1) is 21.6. The lowest BCUT2D eigenvalue weighted by molar-refractivity contribution is 0.271. The predicted octanol–water partition coefficient (Wildman–Crippen LogP) is 6.70. The van der Waals surface area contributed by atoms with Crippen molar-refractivity contribution in [3.8, 4) is 45.3 Å². The van der Waals surface area contributed by atoms with Crippen molar-refractivity contribution in [1.29, 1.82) is 0 Å². The van der Waals surface area contributed by atoms with Crippen molar-refractivity contribution in [2.24, 2.45) is 5.92 Å². The Bertz CT molecular complexity index is 1340. The molecule has 0 aliphatic heterocycles. The summed E-state index contributed by atoms with van der Waals surface area (Å²) < 4.78 is 7.96. The lowest BCUT2D eigenvalue weighted by atomic mass is 10.1. The number of nitrogens with zero attached hydrogens (tertiary/aromatic N) is 4. The zero-order chi connectivity index (χ0) is 23.3. The van der Waals surface area contributed by atoms with Gasteiger partial charge in [0.05, 0.1) is 6.61 Å². The standard InChI is InChI=1S/C29H26N4O/c1-21(2)20-34-27-16-12-24(13-17-27)29-32-31-28(23-7-4-3-5-8-23)33(29)26-14-10-22(11-15-26)25-9-6-18-30-19-25/h3-19,21H,20H2,1-2H3. The van der Waals surface area contributed by atoms with Crippen molar-refractivity contribution >= 4 is 0 Å². The van der Waals surface area contributed by atoms with Crippen molar-refractivity contribution in [2.45, 2.75) is 13.8 Å². The fourth-order valence-electron chi connectivity index (χ4n) is 3.79. The Morgan fingerprint density at radius 2 is 1.29 bits per heavy atom. The van der Waals surface area contributed by atoms with Crippen LogP contribution in [0.5, 0.6) is 5.75 Å². The van der Waals surface area contributed by atoms with E-state index in [1.54, 1.807) is 6.20 Å². The van der Waals surface area contributed by atoms with Gasteiger partial charge in [0, 0.05) is 29.2 Å². The molecule has 0 bridgehead atoms. The van der Waals surface area contributed by atoms with Gasteiger partial charge in [0.25, 0.3) is 0 Å². The summed E-state index contributed by atoms with van der Waals surface area (Å²) >= 11 is 0. The molecule has 0 radical (unpaired) electrons. The summed E-state index contributed by atoms with van der Waals surface area (Å²) in [6.45, 7) is 4.97.